The summed E-state index contributed by atoms with van der Waals surface area (Å²) in [5.41, 5.74) is 11.7. The normalized spacial score (nSPS) is 18.1. The van der Waals surface area contributed by atoms with Gasteiger partial charge in [-0.15, -0.1) is 0 Å². The molecule has 4 rings (SSSR count). The van der Waals surface area contributed by atoms with E-state index < -0.39 is 35.6 Å². The van der Waals surface area contributed by atoms with E-state index in [1.807, 2.05) is 0 Å². The molecular formula is C21H20F2N6O4S. The number of aromatic nitrogens is 2. The minimum atomic E-state index is -0.935. The van der Waals surface area contributed by atoms with Gasteiger partial charge in [-0.25, -0.2) is 13.8 Å². The first-order chi connectivity index (χ1) is 16.1. The number of halogens is 2. The molecule has 5 N–H and O–H groups in total. The summed E-state index contributed by atoms with van der Waals surface area (Å²) in [5.74, 6) is -2.80. The number of carbonyl (C=O) groups excluding carboxylic acids is 3. The fourth-order valence-corrected chi connectivity index (χ4v) is 4.37. The number of primary amides is 1. The molecule has 1 aromatic carbocycles. The van der Waals surface area contributed by atoms with Crippen LogP contribution in [-0.4, -0.2) is 46.0 Å². The Morgan fingerprint density at radius 3 is 2.56 bits per heavy atom. The zero-order valence-corrected chi connectivity index (χ0v) is 18.6. The molecule has 178 valence electrons. The average Bonchev–Trinajstić information content (AvgIpc) is 3.41. The quantitative estimate of drug-likeness (QED) is 0.406. The van der Waals surface area contributed by atoms with Gasteiger partial charge in [0.25, 0.3) is 5.91 Å². The number of nitrogens with one attached hydrogen (secondary N) is 1. The van der Waals surface area contributed by atoms with Gasteiger partial charge in [0.05, 0.1) is 0 Å². The van der Waals surface area contributed by atoms with Crippen molar-refractivity contribution in [2.45, 2.75) is 38.0 Å². The van der Waals surface area contributed by atoms with Crippen LogP contribution in [0.1, 0.15) is 45.7 Å². The van der Waals surface area contributed by atoms with Crippen molar-refractivity contribution >= 4 is 45.6 Å². The van der Waals surface area contributed by atoms with Crippen molar-refractivity contribution in [1.29, 1.82) is 0 Å². The number of alkyl halides is 1. The number of benzene rings is 1. The van der Waals surface area contributed by atoms with Gasteiger partial charge in [-0.05, 0) is 44.0 Å². The predicted octanol–water partition coefficient (Wildman–Crippen LogP) is 2.33. The van der Waals surface area contributed by atoms with Crippen molar-refractivity contribution in [3.05, 3.63) is 52.5 Å². The van der Waals surface area contributed by atoms with Gasteiger partial charge >= 0.3 is 0 Å². The van der Waals surface area contributed by atoms with Gasteiger partial charge in [0.2, 0.25) is 17.5 Å². The van der Waals surface area contributed by atoms with Crippen LogP contribution < -0.4 is 21.7 Å². The molecule has 2 amide bonds. The van der Waals surface area contributed by atoms with Crippen LogP contribution in [0.4, 0.5) is 25.4 Å². The van der Waals surface area contributed by atoms with Crippen molar-refractivity contribution in [2.75, 3.05) is 10.6 Å². The maximum atomic E-state index is 13.4. The highest BCUT2D eigenvalue weighted by Crippen LogP contribution is 2.36. The van der Waals surface area contributed by atoms with Crippen LogP contribution in [0, 0.1) is 5.82 Å². The predicted molar refractivity (Wildman–Crippen MR) is 119 cm³/mol. The minimum absolute atomic E-state index is 0.0128. The lowest BCUT2D eigenvalue weighted by molar-refractivity contribution is -0.118. The minimum Gasteiger partial charge on any atom is -0.382 e. The van der Waals surface area contributed by atoms with Crippen molar-refractivity contribution in [1.82, 2.24) is 15.5 Å². The van der Waals surface area contributed by atoms with Crippen molar-refractivity contribution < 1.29 is 27.7 Å². The molecule has 1 aliphatic rings. The van der Waals surface area contributed by atoms with Crippen LogP contribution in [0.5, 0.6) is 0 Å². The highest BCUT2D eigenvalue weighted by atomic mass is 32.1. The lowest BCUT2D eigenvalue weighted by atomic mass is 9.91. The Morgan fingerprint density at radius 1 is 1.26 bits per heavy atom. The van der Waals surface area contributed by atoms with Crippen LogP contribution in [0.2, 0.25) is 0 Å². The van der Waals surface area contributed by atoms with Crippen LogP contribution in [0.3, 0.4) is 0 Å². The van der Waals surface area contributed by atoms with Crippen molar-refractivity contribution in [3.63, 3.8) is 0 Å². The fourth-order valence-electron chi connectivity index (χ4n) is 3.34. The molecule has 3 aromatic rings. The van der Waals surface area contributed by atoms with Crippen LogP contribution >= 0.6 is 11.3 Å². The summed E-state index contributed by atoms with van der Waals surface area (Å²) in [6.45, 7) is 1.53. The van der Waals surface area contributed by atoms with Gasteiger partial charge in [0, 0.05) is 17.8 Å². The third kappa shape index (κ3) is 4.59. The van der Waals surface area contributed by atoms with Crippen LogP contribution in [0.15, 0.2) is 34.9 Å². The number of nitrogen functional groups attached to an aromatic ring is 1. The maximum absolute atomic E-state index is 13.4. The van der Waals surface area contributed by atoms with Gasteiger partial charge < -0.3 is 26.2 Å². The number of nitrogens with two attached hydrogens (primary N) is 2. The molecule has 0 radical (unpaired) electrons. The zero-order valence-electron chi connectivity index (χ0n) is 17.8. The van der Waals surface area contributed by atoms with Crippen molar-refractivity contribution in [2.24, 2.45) is 5.73 Å². The highest BCUT2D eigenvalue weighted by molar-refractivity contribution is 7.18. The number of hydrogen-bond acceptors (Lipinski definition) is 9. The third-order valence-corrected chi connectivity index (χ3v) is 6.41. The van der Waals surface area contributed by atoms with E-state index >= 15 is 0 Å². The first-order valence-electron chi connectivity index (χ1n) is 10.2. The summed E-state index contributed by atoms with van der Waals surface area (Å²) in [6, 6.07) is 5.25. The lowest BCUT2D eigenvalue weighted by Gasteiger charge is -2.29. The second-order valence-corrected chi connectivity index (χ2v) is 8.76. The van der Waals surface area contributed by atoms with Crippen molar-refractivity contribution in [3.8, 4) is 0 Å². The molecule has 2 aromatic heterocycles. The number of carbonyl (C=O) groups is 3. The summed E-state index contributed by atoms with van der Waals surface area (Å²) in [6.07, 6.45) is -0.483. The summed E-state index contributed by atoms with van der Waals surface area (Å²) in [4.78, 5) is 42.7. The van der Waals surface area contributed by atoms with E-state index in [0.29, 0.717) is 5.69 Å². The van der Waals surface area contributed by atoms with E-state index in [0.717, 1.165) is 17.4 Å². The largest absolute Gasteiger partial charge is 0.382 e. The Morgan fingerprint density at radius 2 is 1.94 bits per heavy atom. The van der Waals surface area contributed by atoms with Gasteiger partial charge in [0.15, 0.2) is 10.8 Å². The Bertz CT molecular complexity index is 1240. The van der Waals surface area contributed by atoms with E-state index in [4.69, 9.17) is 16.0 Å². The number of rotatable bonds is 8. The zero-order chi connectivity index (χ0) is 24.6. The van der Waals surface area contributed by atoms with Gasteiger partial charge in [-0.3, -0.25) is 14.4 Å². The fraction of sp³-hybridized carbons (Fsp3) is 0.286. The smallest absolute Gasteiger partial charge is 0.273 e. The maximum Gasteiger partial charge on any atom is 0.273 e. The number of thiazole rings is 1. The third-order valence-electron chi connectivity index (χ3n) is 5.34. The second-order valence-electron chi connectivity index (χ2n) is 7.78. The molecule has 2 heterocycles. The van der Waals surface area contributed by atoms with E-state index in [1.54, 1.807) is 0 Å². The number of nitrogens with zero attached hydrogens (tertiary/aromatic N) is 3. The number of amides is 2. The average molecular weight is 490 g/mol. The monoisotopic (exact) mass is 490 g/mol. The SMILES string of the molecule is CC(C(N)=O)N(c1ccc(F)cc1)c1nc(N)c(C(=O)c2cc(C(=O)N[C@H]3C[C@H](F)C3)no2)s1. The van der Waals surface area contributed by atoms with E-state index in [2.05, 4.69) is 15.5 Å². The van der Waals surface area contributed by atoms with Gasteiger partial charge in [-0.2, -0.15) is 0 Å². The molecule has 0 saturated heterocycles. The Kier molecular flexibility index (Phi) is 6.28. The molecule has 13 heteroatoms. The molecule has 0 spiro atoms. The topological polar surface area (TPSA) is 157 Å². The van der Waals surface area contributed by atoms with Gasteiger partial charge in [0.1, 0.15) is 28.7 Å². The van der Waals surface area contributed by atoms with E-state index in [1.165, 1.54) is 36.1 Å². The molecule has 1 unspecified atom stereocenters. The lowest BCUT2D eigenvalue weighted by Crippen LogP contribution is -2.45. The van der Waals surface area contributed by atoms with Gasteiger partial charge in [-0.1, -0.05) is 16.5 Å². The molecule has 0 bridgehead atoms. The first-order valence-corrected chi connectivity index (χ1v) is 11.0. The van der Waals surface area contributed by atoms with E-state index in [9.17, 15) is 23.2 Å². The van der Waals surface area contributed by atoms with E-state index in [-0.39, 0.29) is 46.2 Å². The Hall–Kier alpha value is -3.87. The highest BCUT2D eigenvalue weighted by Gasteiger charge is 2.32. The molecule has 1 saturated carbocycles. The summed E-state index contributed by atoms with van der Waals surface area (Å²) < 4.78 is 31.4. The second kappa shape index (κ2) is 9.17. The Balaban J connectivity index is 1.58. The summed E-state index contributed by atoms with van der Waals surface area (Å²) in [7, 11) is 0. The molecule has 1 atom stereocenters. The number of ketones is 1. The summed E-state index contributed by atoms with van der Waals surface area (Å²) >= 11 is 0.865. The molecule has 34 heavy (non-hydrogen) atoms. The molecule has 10 nitrogen and oxygen atoms in total. The Labute approximate surface area is 195 Å². The van der Waals surface area contributed by atoms with Crippen LogP contribution in [-0.2, 0) is 4.79 Å². The van der Waals surface area contributed by atoms with Crippen LogP contribution in [0.25, 0.3) is 0 Å². The molecule has 1 fully saturated rings. The standard InChI is InChI=1S/C21H20F2N6O4S/c1-9(19(25)31)29(13-4-2-10(22)3-5-13)21-27-18(24)17(34-21)16(30)15-8-14(28-33-15)20(32)26-12-6-11(23)7-12/h2-5,8-9,11-12H,6-7,24H2,1H3,(H2,25,31)(H,26,32)/t9?,11-,12-. The molecular weight excluding hydrogens is 470 g/mol. The number of hydrogen-bond donors (Lipinski definition) is 3. The number of anilines is 3. The molecule has 1 aliphatic carbocycles. The molecule has 0 aliphatic heterocycles. The summed E-state index contributed by atoms with van der Waals surface area (Å²) in [5, 5.41) is 6.38. The first kappa shape index (κ1) is 23.3.